The number of carbonyl (C=O) groups excluding carboxylic acids is 1. The second kappa shape index (κ2) is 11.6. The van der Waals surface area contributed by atoms with E-state index in [4.69, 9.17) is 5.73 Å². The summed E-state index contributed by atoms with van der Waals surface area (Å²) in [5.74, 6) is 1.31. The lowest BCUT2D eigenvalue weighted by Gasteiger charge is -2.19. The van der Waals surface area contributed by atoms with Crippen molar-refractivity contribution < 1.29 is 4.79 Å². The first-order valence-corrected chi connectivity index (χ1v) is 8.44. The van der Waals surface area contributed by atoms with Gasteiger partial charge in [0.15, 0.2) is 5.96 Å². The molecule has 4 N–H and O–H groups in total. The Hall–Kier alpha value is -0.960. The summed E-state index contributed by atoms with van der Waals surface area (Å²) in [5.41, 5.74) is 4.73. The van der Waals surface area contributed by atoms with Crippen molar-refractivity contribution in [2.45, 2.75) is 25.7 Å². The Labute approximate surface area is 160 Å². The number of nitrogens with zero attached hydrogens (tertiary/aromatic N) is 1. The lowest BCUT2D eigenvalue weighted by atomic mass is 9.93. The lowest BCUT2D eigenvalue weighted by Crippen LogP contribution is -2.40. The van der Waals surface area contributed by atoms with Crippen LogP contribution in [0.25, 0.3) is 0 Å². The van der Waals surface area contributed by atoms with Crippen molar-refractivity contribution in [3.8, 4) is 0 Å². The van der Waals surface area contributed by atoms with E-state index in [0.29, 0.717) is 12.5 Å². The van der Waals surface area contributed by atoms with Gasteiger partial charge in [-0.1, -0.05) is 18.2 Å². The van der Waals surface area contributed by atoms with E-state index in [1.54, 1.807) is 25.6 Å². The molecule has 0 spiro atoms. The fraction of sp³-hybridized carbons (Fsp3) is 0.500. The molecule has 1 rings (SSSR count). The fourth-order valence-electron chi connectivity index (χ4n) is 1.55. The van der Waals surface area contributed by atoms with Crippen LogP contribution in [0.2, 0.25) is 0 Å². The molecular formula is C16H27IN4OS. The first kappa shape index (κ1) is 22.0. The Morgan fingerprint density at radius 1 is 1.26 bits per heavy atom. The summed E-state index contributed by atoms with van der Waals surface area (Å²) < 4.78 is 0. The van der Waals surface area contributed by atoms with Crippen LogP contribution in [0, 0.1) is 5.41 Å². The number of benzene rings is 1. The highest BCUT2D eigenvalue weighted by Crippen LogP contribution is 2.16. The number of thioether (sulfide) groups is 1. The molecule has 1 aromatic rings. The number of hydrogen-bond donors (Lipinski definition) is 3. The van der Waals surface area contributed by atoms with Gasteiger partial charge in [-0.05, 0) is 32.9 Å². The topological polar surface area (TPSA) is 79.5 Å². The normalized spacial score (nSPS) is 11.5. The zero-order chi connectivity index (χ0) is 16.4. The Bertz CT molecular complexity index is 494. The summed E-state index contributed by atoms with van der Waals surface area (Å²) in [4.78, 5) is 17.0. The highest BCUT2D eigenvalue weighted by Gasteiger charge is 2.24. The molecule has 0 atom stereocenters. The van der Waals surface area contributed by atoms with Gasteiger partial charge in [-0.25, -0.2) is 0 Å². The Kier molecular flexibility index (Phi) is 11.1. The van der Waals surface area contributed by atoms with Crippen LogP contribution >= 0.6 is 35.7 Å². The predicted molar refractivity (Wildman–Crippen MR) is 110 cm³/mol. The largest absolute Gasteiger partial charge is 0.369 e. The quantitative estimate of drug-likeness (QED) is 0.187. The summed E-state index contributed by atoms with van der Waals surface area (Å²) in [5, 5.41) is 6.44. The third-order valence-corrected chi connectivity index (χ3v) is 4.06. The lowest BCUT2D eigenvalue weighted by molar-refractivity contribution is -0.125. The summed E-state index contributed by atoms with van der Waals surface area (Å²) in [6, 6.07) is 10.3. The van der Waals surface area contributed by atoms with Gasteiger partial charge in [-0.2, -0.15) is 0 Å². The monoisotopic (exact) mass is 450 g/mol. The Morgan fingerprint density at radius 2 is 1.91 bits per heavy atom. The van der Waals surface area contributed by atoms with E-state index >= 15 is 0 Å². The number of aliphatic imine (C=N–C) groups is 1. The van der Waals surface area contributed by atoms with Crippen molar-refractivity contribution in [1.82, 2.24) is 10.6 Å². The van der Waals surface area contributed by atoms with E-state index in [9.17, 15) is 4.79 Å². The molecule has 0 aromatic heterocycles. The molecule has 0 radical (unpaired) electrons. The van der Waals surface area contributed by atoms with Crippen LogP contribution in [0.1, 0.15) is 20.8 Å². The van der Waals surface area contributed by atoms with Crippen LogP contribution in [0.4, 0.5) is 0 Å². The number of rotatable bonds is 8. The van der Waals surface area contributed by atoms with Gasteiger partial charge in [0, 0.05) is 23.7 Å². The molecule has 0 unspecified atom stereocenters. The second-order valence-corrected chi connectivity index (χ2v) is 6.70. The predicted octanol–water partition coefficient (Wildman–Crippen LogP) is 2.46. The molecule has 1 aromatic carbocycles. The molecule has 0 aliphatic heterocycles. The van der Waals surface area contributed by atoms with Crippen molar-refractivity contribution in [2.24, 2.45) is 16.1 Å². The van der Waals surface area contributed by atoms with Crippen LogP contribution in [0.15, 0.2) is 40.2 Å². The molecular weight excluding hydrogens is 423 g/mol. The van der Waals surface area contributed by atoms with Crippen molar-refractivity contribution in [2.75, 3.05) is 25.4 Å². The third kappa shape index (κ3) is 9.04. The van der Waals surface area contributed by atoms with E-state index in [0.717, 1.165) is 18.8 Å². The molecule has 130 valence electrons. The van der Waals surface area contributed by atoms with Crippen molar-refractivity contribution in [1.29, 1.82) is 0 Å². The average molecular weight is 450 g/mol. The van der Waals surface area contributed by atoms with Crippen LogP contribution in [-0.4, -0.2) is 37.3 Å². The smallest absolute Gasteiger partial charge is 0.224 e. The third-order valence-electron chi connectivity index (χ3n) is 3.05. The van der Waals surface area contributed by atoms with Crippen molar-refractivity contribution in [3.05, 3.63) is 30.3 Å². The molecule has 0 aliphatic rings. The molecule has 0 bridgehead atoms. The summed E-state index contributed by atoms with van der Waals surface area (Å²) in [6.45, 7) is 7.54. The van der Waals surface area contributed by atoms with Gasteiger partial charge < -0.3 is 16.4 Å². The van der Waals surface area contributed by atoms with E-state index in [1.807, 2.05) is 25.1 Å². The molecule has 0 fully saturated rings. The minimum Gasteiger partial charge on any atom is -0.369 e. The van der Waals surface area contributed by atoms with E-state index < -0.39 is 5.41 Å². The number of nitrogens with two attached hydrogens (primary N) is 1. The molecule has 0 saturated carbocycles. The Morgan fingerprint density at radius 3 is 2.48 bits per heavy atom. The highest BCUT2D eigenvalue weighted by molar-refractivity contribution is 14.0. The molecule has 5 nitrogen and oxygen atoms in total. The number of nitrogens with one attached hydrogen (secondary N) is 2. The average Bonchev–Trinajstić information content (AvgIpc) is 2.50. The minimum absolute atomic E-state index is 0. The molecule has 0 heterocycles. The van der Waals surface area contributed by atoms with Crippen LogP contribution in [0.5, 0.6) is 0 Å². The van der Waals surface area contributed by atoms with Crippen molar-refractivity contribution in [3.63, 3.8) is 0 Å². The SMILES string of the molecule is CCNC(=NCC(C)(C)C(N)=O)NCCSc1ccccc1.I. The number of primary amides is 1. The first-order valence-electron chi connectivity index (χ1n) is 7.45. The van der Waals surface area contributed by atoms with Crippen LogP contribution in [-0.2, 0) is 4.79 Å². The maximum Gasteiger partial charge on any atom is 0.224 e. The van der Waals surface area contributed by atoms with Gasteiger partial charge >= 0.3 is 0 Å². The van der Waals surface area contributed by atoms with E-state index in [1.165, 1.54) is 4.90 Å². The van der Waals surface area contributed by atoms with E-state index in [-0.39, 0.29) is 29.9 Å². The van der Waals surface area contributed by atoms with Gasteiger partial charge in [0.1, 0.15) is 0 Å². The molecule has 7 heteroatoms. The Balaban J connectivity index is 0.00000484. The van der Waals surface area contributed by atoms with Gasteiger partial charge in [-0.15, -0.1) is 35.7 Å². The maximum atomic E-state index is 11.3. The maximum absolute atomic E-state index is 11.3. The van der Waals surface area contributed by atoms with Gasteiger partial charge in [0.2, 0.25) is 5.91 Å². The number of carbonyl (C=O) groups is 1. The van der Waals surface area contributed by atoms with Crippen molar-refractivity contribution >= 4 is 47.6 Å². The molecule has 1 amide bonds. The van der Waals surface area contributed by atoms with Gasteiger partial charge in [-0.3, -0.25) is 9.79 Å². The van der Waals surface area contributed by atoms with Gasteiger partial charge in [0.05, 0.1) is 12.0 Å². The minimum atomic E-state index is -0.638. The zero-order valence-corrected chi connectivity index (χ0v) is 17.1. The van der Waals surface area contributed by atoms with Gasteiger partial charge in [0.25, 0.3) is 0 Å². The fourth-order valence-corrected chi connectivity index (χ4v) is 2.34. The summed E-state index contributed by atoms with van der Waals surface area (Å²) in [6.07, 6.45) is 0. The second-order valence-electron chi connectivity index (χ2n) is 5.53. The number of halogens is 1. The number of guanidine groups is 1. The van der Waals surface area contributed by atoms with E-state index in [2.05, 4.69) is 27.8 Å². The van der Waals surface area contributed by atoms with Crippen LogP contribution in [0.3, 0.4) is 0 Å². The summed E-state index contributed by atoms with van der Waals surface area (Å²) in [7, 11) is 0. The first-order chi connectivity index (χ1) is 10.5. The number of amides is 1. The summed E-state index contributed by atoms with van der Waals surface area (Å²) >= 11 is 1.79. The molecule has 23 heavy (non-hydrogen) atoms. The molecule has 0 aliphatic carbocycles. The highest BCUT2D eigenvalue weighted by atomic mass is 127. The standard InChI is InChI=1S/C16H26N4OS.HI/c1-4-18-15(20-12-16(2,3)14(17)21)19-10-11-22-13-8-6-5-7-9-13;/h5-9H,4,10-12H2,1-3H3,(H2,17,21)(H2,18,19,20);1H. The number of hydrogen-bond acceptors (Lipinski definition) is 3. The zero-order valence-electron chi connectivity index (χ0n) is 14.0. The molecule has 0 saturated heterocycles. The van der Waals surface area contributed by atoms with Crippen LogP contribution < -0.4 is 16.4 Å².